The van der Waals surface area contributed by atoms with Gasteiger partial charge >= 0.3 is 0 Å². The van der Waals surface area contributed by atoms with Gasteiger partial charge in [0.1, 0.15) is 165 Å². The molecular formula is C48H81N3O35. The highest BCUT2D eigenvalue weighted by Gasteiger charge is 2.59. The highest BCUT2D eigenvalue weighted by Crippen LogP contribution is 2.38. The molecule has 498 valence electrons. The van der Waals surface area contributed by atoms with Crippen LogP contribution in [0.5, 0.6) is 0 Å². The Labute approximate surface area is 488 Å². The molecule has 35 atom stereocenters. The number of hydrogen-bond donors (Lipinski definition) is 22. The van der Waals surface area contributed by atoms with Gasteiger partial charge in [-0.2, -0.15) is 0 Å². The van der Waals surface area contributed by atoms with Crippen molar-refractivity contribution in [1.29, 1.82) is 0 Å². The van der Waals surface area contributed by atoms with Crippen LogP contribution in [0.15, 0.2) is 0 Å². The van der Waals surface area contributed by atoms with Crippen molar-refractivity contribution in [2.75, 3.05) is 39.6 Å². The Morgan fingerprint density at radius 3 is 1.26 bits per heavy atom. The number of ether oxygens (including phenoxy) is 13. The standard InChI is InChI=1S/C48H81N3O35/c1-11-24(60)31(67)34(70)45(75-11)84-39-23(51-14(4)59)42(73)76-19(9-56)38(39)83-44-22(50-13(3)58)30(66)37(18(8-55)80-44)82-47-36(72)40(85-46-35(71)32(68)26(62)16(6-53)78-46)28(64)20(81-47)10-74-48-41(33(69)27(63)17(7-54)79-48)86-43-21(49-12(2)57)29(65)25(61)15(5-52)77-43/h11,15-48,52-56,60-73H,5-10H2,1-4H3,(H,49,57)(H,50,58)(H,51,59)/t11-,15+,16+,17+,18+,19+,20+,21+,22+,23+,24+,25+,26+,27+,28+,29+,30+,31+,32-,33-,34-,35-,36-,37+,38+,39+,40-,41-,42+,43-,44-,45-,46+,47-,48-/m0/s1. The van der Waals surface area contributed by atoms with Crippen LogP contribution in [0.1, 0.15) is 27.7 Å². The third kappa shape index (κ3) is 15.4. The molecule has 0 aliphatic carbocycles. The van der Waals surface area contributed by atoms with Gasteiger partial charge in [-0.3, -0.25) is 14.4 Å². The fraction of sp³-hybridized carbons (Fsp3) is 0.938. The van der Waals surface area contributed by atoms with Gasteiger partial charge in [0.2, 0.25) is 17.7 Å². The lowest BCUT2D eigenvalue weighted by molar-refractivity contribution is -0.389. The van der Waals surface area contributed by atoms with Crippen molar-refractivity contribution in [3.63, 3.8) is 0 Å². The number of amides is 3. The minimum atomic E-state index is -2.35. The summed E-state index contributed by atoms with van der Waals surface area (Å²) < 4.78 is 76.3. The van der Waals surface area contributed by atoms with Crippen molar-refractivity contribution >= 4 is 17.7 Å². The minimum Gasteiger partial charge on any atom is -0.394 e. The number of nitrogens with one attached hydrogen (secondary N) is 3. The van der Waals surface area contributed by atoms with Crippen LogP contribution in [0.2, 0.25) is 0 Å². The first kappa shape index (κ1) is 70.6. The highest BCUT2D eigenvalue weighted by molar-refractivity contribution is 5.74. The summed E-state index contributed by atoms with van der Waals surface area (Å²) in [5.74, 6) is -2.48. The Morgan fingerprint density at radius 1 is 0.326 bits per heavy atom. The number of carbonyl (C=O) groups excluding carboxylic acids is 3. The molecule has 7 heterocycles. The normalized spacial score (nSPS) is 49.4. The molecule has 0 aromatic heterocycles. The molecule has 7 saturated heterocycles. The van der Waals surface area contributed by atoms with E-state index in [0.717, 1.165) is 20.8 Å². The van der Waals surface area contributed by atoms with Gasteiger partial charge in [-0.1, -0.05) is 0 Å². The zero-order valence-electron chi connectivity index (χ0n) is 46.5. The van der Waals surface area contributed by atoms with E-state index in [2.05, 4.69) is 16.0 Å². The predicted molar refractivity (Wildman–Crippen MR) is 265 cm³/mol. The number of hydrogen-bond acceptors (Lipinski definition) is 35. The molecule has 0 spiro atoms. The number of aliphatic hydroxyl groups is 19. The van der Waals surface area contributed by atoms with E-state index in [0.29, 0.717) is 0 Å². The van der Waals surface area contributed by atoms with Crippen molar-refractivity contribution in [3.05, 3.63) is 0 Å². The second-order valence-corrected chi connectivity index (χ2v) is 21.8. The zero-order chi connectivity index (χ0) is 63.5. The van der Waals surface area contributed by atoms with Crippen molar-refractivity contribution in [2.45, 2.75) is 242 Å². The minimum absolute atomic E-state index is 0.786. The SMILES string of the molecule is CC(=O)N[C@@H]1[C@@H](O[C@@H]2O[C@@H](C)[C@@H](O)[C@@H](O)[C@@H]2O)[C@H](O[C@@H]2O[C@H](CO)[C@@H](O[C@@H]3O[C@H](CO[C@H]4O[C@H](CO)[C@@H](O)[C@H](O)[C@@H]4O[C@@H]4O[C@H](CO)[C@@H](O)[C@H](O)[C@H]4NC(C)=O)[C@@H](O)[C@H](O[C@H]4O[C@H](CO)[C@@H](O)[C@H](O)[C@@H]4O)[C@@H]3O)[C@H](O)[C@H]2NC(C)=O)[C@@H](CO)O[C@H]1O. The van der Waals surface area contributed by atoms with Gasteiger partial charge in [-0.25, -0.2) is 0 Å². The van der Waals surface area contributed by atoms with Gasteiger partial charge in [0, 0.05) is 20.8 Å². The van der Waals surface area contributed by atoms with Gasteiger partial charge < -0.3 is 175 Å². The summed E-state index contributed by atoms with van der Waals surface area (Å²) in [4.78, 5) is 37.7. The maximum Gasteiger partial charge on any atom is 0.217 e. The average Bonchev–Trinajstić information content (AvgIpc) is 2.80. The number of carbonyl (C=O) groups is 3. The molecule has 0 unspecified atom stereocenters. The highest BCUT2D eigenvalue weighted by atomic mass is 16.8. The van der Waals surface area contributed by atoms with Crippen LogP contribution in [0.4, 0.5) is 0 Å². The van der Waals surface area contributed by atoms with Gasteiger partial charge in [0.25, 0.3) is 0 Å². The lowest BCUT2D eigenvalue weighted by atomic mass is 9.93. The van der Waals surface area contributed by atoms with Crippen LogP contribution in [0.25, 0.3) is 0 Å². The first-order valence-electron chi connectivity index (χ1n) is 27.5. The quantitative estimate of drug-likeness (QED) is 0.0507. The first-order chi connectivity index (χ1) is 40.6. The van der Waals surface area contributed by atoms with E-state index in [1.54, 1.807) is 0 Å². The molecule has 7 aliphatic heterocycles. The molecule has 7 rings (SSSR count). The Hall–Kier alpha value is -2.87. The third-order valence-corrected chi connectivity index (χ3v) is 15.7. The maximum atomic E-state index is 12.9. The Morgan fingerprint density at radius 2 is 0.709 bits per heavy atom. The van der Waals surface area contributed by atoms with Crippen LogP contribution >= 0.6 is 0 Å². The molecule has 38 nitrogen and oxygen atoms in total. The molecule has 7 aliphatic rings. The largest absolute Gasteiger partial charge is 0.394 e. The average molecular weight is 1260 g/mol. The summed E-state index contributed by atoms with van der Waals surface area (Å²) in [6.45, 7) is -1.69. The molecule has 22 N–H and O–H groups in total. The summed E-state index contributed by atoms with van der Waals surface area (Å²) in [6.07, 6.45) is -61.7. The third-order valence-electron chi connectivity index (χ3n) is 15.7. The van der Waals surface area contributed by atoms with Gasteiger partial charge in [-0.15, -0.1) is 0 Å². The van der Waals surface area contributed by atoms with E-state index in [1.807, 2.05) is 0 Å². The zero-order valence-corrected chi connectivity index (χ0v) is 46.5. The molecule has 7 fully saturated rings. The Kier molecular flexibility index (Phi) is 25.0. The second-order valence-electron chi connectivity index (χ2n) is 21.8. The lowest BCUT2D eigenvalue weighted by Crippen LogP contribution is -2.71. The van der Waals surface area contributed by atoms with E-state index in [4.69, 9.17) is 61.6 Å². The Balaban J connectivity index is 1.19. The van der Waals surface area contributed by atoms with Crippen LogP contribution < -0.4 is 16.0 Å². The number of rotatable bonds is 21. The maximum absolute atomic E-state index is 12.9. The molecule has 3 amide bonds. The summed E-state index contributed by atoms with van der Waals surface area (Å²) in [5, 5.41) is 214. The summed E-state index contributed by atoms with van der Waals surface area (Å²) >= 11 is 0. The van der Waals surface area contributed by atoms with E-state index in [1.165, 1.54) is 6.92 Å². The van der Waals surface area contributed by atoms with Gasteiger partial charge in [0.15, 0.2) is 44.0 Å². The van der Waals surface area contributed by atoms with E-state index < -0.39 is 272 Å². The topological polar surface area (TPSA) is 592 Å². The molecular weight excluding hydrogens is 1180 g/mol. The van der Waals surface area contributed by atoms with E-state index in [-0.39, 0.29) is 0 Å². The lowest BCUT2D eigenvalue weighted by Gasteiger charge is -2.51. The summed E-state index contributed by atoms with van der Waals surface area (Å²) in [6, 6.07) is -5.18. The second kappa shape index (κ2) is 30.5. The molecule has 0 aromatic carbocycles. The van der Waals surface area contributed by atoms with Crippen LogP contribution in [0.3, 0.4) is 0 Å². The van der Waals surface area contributed by atoms with E-state index >= 15 is 0 Å². The molecule has 0 saturated carbocycles. The van der Waals surface area contributed by atoms with Crippen LogP contribution in [-0.4, -0.2) is 369 Å². The predicted octanol–water partition coefficient (Wildman–Crippen LogP) is -14.8. The van der Waals surface area contributed by atoms with Gasteiger partial charge in [0.05, 0.1) is 45.7 Å². The monoisotopic (exact) mass is 1260 g/mol. The molecule has 0 radical (unpaired) electrons. The molecule has 0 aromatic rings. The van der Waals surface area contributed by atoms with Crippen molar-refractivity contribution in [2.24, 2.45) is 0 Å². The van der Waals surface area contributed by atoms with Gasteiger partial charge in [-0.05, 0) is 6.92 Å². The summed E-state index contributed by atoms with van der Waals surface area (Å²) in [5.41, 5.74) is 0. The first-order valence-corrected chi connectivity index (χ1v) is 27.5. The van der Waals surface area contributed by atoms with Crippen molar-refractivity contribution < 1.29 is 173 Å². The fourth-order valence-corrected chi connectivity index (χ4v) is 11.0. The molecule has 0 bridgehead atoms. The molecule has 86 heavy (non-hydrogen) atoms. The smallest absolute Gasteiger partial charge is 0.217 e. The van der Waals surface area contributed by atoms with E-state index in [9.17, 15) is 111 Å². The van der Waals surface area contributed by atoms with Crippen LogP contribution in [-0.2, 0) is 76.0 Å². The fourth-order valence-electron chi connectivity index (χ4n) is 11.0. The van der Waals surface area contributed by atoms with Crippen LogP contribution in [0, 0.1) is 0 Å². The number of aliphatic hydroxyl groups excluding tert-OH is 19. The summed E-state index contributed by atoms with van der Waals surface area (Å²) in [7, 11) is 0. The van der Waals surface area contributed by atoms with Crippen molar-refractivity contribution in [1.82, 2.24) is 16.0 Å². The molecule has 38 heteroatoms. The Bertz CT molecular complexity index is 2170. The van der Waals surface area contributed by atoms with Crippen molar-refractivity contribution in [3.8, 4) is 0 Å².